The van der Waals surface area contributed by atoms with Crippen LogP contribution in [0, 0.1) is 5.82 Å². The van der Waals surface area contributed by atoms with Crippen molar-refractivity contribution in [3.63, 3.8) is 0 Å². The number of aromatic hydroxyl groups is 1. The number of benzene rings is 3. The van der Waals surface area contributed by atoms with Gasteiger partial charge >= 0.3 is 0 Å². The van der Waals surface area contributed by atoms with Gasteiger partial charge in [0.05, 0.1) is 11.0 Å². The highest BCUT2D eigenvalue weighted by Gasteiger charge is 2.11. The van der Waals surface area contributed by atoms with E-state index in [2.05, 4.69) is 4.98 Å². The van der Waals surface area contributed by atoms with Crippen LogP contribution in [0.1, 0.15) is 18.5 Å². The van der Waals surface area contributed by atoms with Gasteiger partial charge in [0, 0.05) is 17.3 Å². The summed E-state index contributed by atoms with van der Waals surface area (Å²) in [6, 6.07) is 18.0. The minimum atomic E-state index is -0.635. The van der Waals surface area contributed by atoms with Crippen LogP contribution in [0.4, 0.5) is 4.39 Å². The highest BCUT2D eigenvalue weighted by Crippen LogP contribution is 2.32. The van der Waals surface area contributed by atoms with Gasteiger partial charge in [0.15, 0.2) is 11.6 Å². The molecule has 4 aromatic rings. The molecule has 4 rings (SSSR count). The lowest BCUT2D eigenvalue weighted by Gasteiger charge is -2.10. The first-order valence-electron chi connectivity index (χ1n) is 8.35. The fraction of sp³-hybridized carbons (Fsp3) is 0.0952. The van der Waals surface area contributed by atoms with Crippen molar-refractivity contribution < 1.29 is 9.50 Å². The third-order valence-electron chi connectivity index (χ3n) is 4.52. The van der Waals surface area contributed by atoms with E-state index in [9.17, 15) is 9.50 Å². The minimum absolute atomic E-state index is 0.0520. The van der Waals surface area contributed by atoms with E-state index < -0.39 is 5.82 Å². The monoisotopic (exact) mass is 347 g/mol. The number of hydrogen-bond donors (Lipinski definition) is 2. The van der Waals surface area contributed by atoms with Gasteiger partial charge in [0.1, 0.15) is 6.33 Å². The number of para-hydroxylation sites is 1. The van der Waals surface area contributed by atoms with Crippen LogP contribution in [0.5, 0.6) is 5.75 Å². The number of hydrogen-bond acceptors (Lipinski definition) is 3. The average molecular weight is 347 g/mol. The SMILES string of the molecule is C[C@H](N)c1ccc2c(c1)ncn2-c1cccc(-c2cccc(F)c2O)c1. The van der Waals surface area contributed by atoms with Crippen LogP contribution in [-0.4, -0.2) is 14.7 Å². The first kappa shape index (κ1) is 16.3. The van der Waals surface area contributed by atoms with Gasteiger partial charge in [0.2, 0.25) is 0 Å². The summed E-state index contributed by atoms with van der Waals surface area (Å²) in [5, 5.41) is 10.0. The standard InChI is InChI=1S/C21H18FN3O/c1-13(23)14-8-9-20-19(11-14)24-12-25(20)16-5-2-4-15(10-16)17-6-3-7-18(22)21(17)26/h2-13,26H,23H2,1H3/t13-/m0/s1. The lowest BCUT2D eigenvalue weighted by atomic mass is 10.0. The molecule has 0 radical (unpaired) electrons. The lowest BCUT2D eigenvalue weighted by molar-refractivity contribution is 0.434. The van der Waals surface area contributed by atoms with Crippen molar-refractivity contribution in [1.29, 1.82) is 0 Å². The molecule has 0 bridgehead atoms. The summed E-state index contributed by atoms with van der Waals surface area (Å²) in [5.41, 5.74) is 10.8. The van der Waals surface area contributed by atoms with Gasteiger partial charge in [-0.3, -0.25) is 4.57 Å². The second-order valence-electron chi connectivity index (χ2n) is 6.34. The van der Waals surface area contributed by atoms with Crippen molar-refractivity contribution in [2.24, 2.45) is 5.73 Å². The number of halogens is 1. The molecule has 3 aromatic carbocycles. The summed E-state index contributed by atoms with van der Waals surface area (Å²) in [5.74, 6) is -0.980. The highest BCUT2D eigenvalue weighted by molar-refractivity contribution is 5.79. The van der Waals surface area contributed by atoms with Gasteiger partial charge in [-0.15, -0.1) is 0 Å². The Labute approximate surface area is 150 Å². The summed E-state index contributed by atoms with van der Waals surface area (Å²) in [6.07, 6.45) is 1.75. The number of nitrogens with zero attached hydrogens (tertiary/aromatic N) is 2. The second-order valence-corrected chi connectivity index (χ2v) is 6.34. The number of rotatable bonds is 3. The molecule has 0 aliphatic heterocycles. The number of fused-ring (bicyclic) bond motifs is 1. The summed E-state index contributed by atoms with van der Waals surface area (Å²) in [6.45, 7) is 1.94. The Morgan fingerprint density at radius 2 is 1.88 bits per heavy atom. The molecule has 0 saturated carbocycles. The molecule has 0 amide bonds. The maximum Gasteiger partial charge on any atom is 0.165 e. The van der Waals surface area contributed by atoms with Crippen LogP contribution in [0.25, 0.3) is 27.8 Å². The van der Waals surface area contributed by atoms with Crippen LogP contribution in [0.15, 0.2) is 67.0 Å². The molecular weight excluding hydrogens is 329 g/mol. The van der Waals surface area contributed by atoms with E-state index in [1.165, 1.54) is 6.07 Å². The molecule has 130 valence electrons. The number of nitrogens with two attached hydrogens (primary N) is 1. The Morgan fingerprint density at radius 3 is 2.69 bits per heavy atom. The van der Waals surface area contributed by atoms with Crippen molar-refractivity contribution >= 4 is 11.0 Å². The second kappa shape index (κ2) is 6.28. The van der Waals surface area contributed by atoms with Crippen LogP contribution in [0.2, 0.25) is 0 Å². The first-order chi connectivity index (χ1) is 12.5. The van der Waals surface area contributed by atoms with Crippen molar-refractivity contribution in [1.82, 2.24) is 9.55 Å². The lowest BCUT2D eigenvalue weighted by Crippen LogP contribution is -2.04. The topological polar surface area (TPSA) is 64.1 Å². The first-order valence-corrected chi connectivity index (χ1v) is 8.35. The van der Waals surface area contributed by atoms with Crippen LogP contribution in [-0.2, 0) is 0 Å². The van der Waals surface area contributed by atoms with E-state index in [1.807, 2.05) is 54.0 Å². The predicted octanol–water partition coefficient (Wildman–Crippen LogP) is 4.56. The van der Waals surface area contributed by atoms with E-state index in [0.29, 0.717) is 5.56 Å². The zero-order valence-electron chi connectivity index (χ0n) is 14.2. The maximum atomic E-state index is 13.7. The summed E-state index contributed by atoms with van der Waals surface area (Å²) < 4.78 is 15.6. The average Bonchev–Trinajstić information content (AvgIpc) is 3.07. The molecule has 0 unspecified atom stereocenters. The zero-order chi connectivity index (χ0) is 18.3. The van der Waals surface area contributed by atoms with Gasteiger partial charge in [-0.1, -0.05) is 30.3 Å². The fourth-order valence-electron chi connectivity index (χ4n) is 3.09. The molecule has 5 heteroatoms. The number of phenolic OH excluding ortho intramolecular Hbond substituents is 1. The number of imidazole rings is 1. The van der Waals surface area contributed by atoms with E-state index >= 15 is 0 Å². The van der Waals surface area contributed by atoms with Crippen LogP contribution < -0.4 is 5.73 Å². The molecule has 1 aromatic heterocycles. The number of aromatic nitrogens is 2. The normalized spacial score (nSPS) is 12.4. The molecule has 4 nitrogen and oxygen atoms in total. The zero-order valence-corrected chi connectivity index (χ0v) is 14.2. The van der Waals surface area contributed by atoms with Crippen molar-refractivity contribution in [2.45, 2.75) is 13.0 Å². The van der Waals surface area contributed by atoms with Crippen molar-refractivity contribution in [2.75, 3.05) is 0 Å². The van der Waals surface area contributed by atoms with E-state index in [0.717, 1.165) is 27.8 Å². The molecule has 1 atom stereocenters. The van der Waals surface area contributed by atoms with Crippen molar-refractivity contribution in [3.8, 4) is 22.6 Å². The fourth-order valence-corrected chi connectivity index (χ4v) is 3.09. The minimum Gasteiger partial charge on any atom is -0.504 e. The van der Waals surface area contributed by atoms with Gasteiger partial charge in [-0.25, -0.2) is 9.37 Å². The quantitative estimate of drug-likeness (QED) is 0.571. The van der Waals surface area contributed by atoms with Crippen LogP contribution in [0.3, 0.4) is 0 Å². The smallest absolute Gasteiger partial charge is 0.165 e. The predicted molar refractivity (Wildman–Crippen MR) is 101 cm³/mol. The Hall–Kier alpha value is -3.18. The van der Waals surface area contributed by atoms with Crippen LogP contribution >= 0.6 is 0 Å². The molecule has 0 aliphatic carbocycles. The molecule has 1 heterocycles. The molecule has 0 fully saturated rings. The highest BCUT2D eigenvalue weighted by atomic mass is 19.1. The molecule has 0 aliphatic rings. The Balaban J connectivity index is 1.82. The summed E-state index contributed by atoms with van der Waals surface area (Å²) >= 11 is 0. The summed E-state index contributed by atoms with van der Waals surface area (Å²) in [7, 11) is 0. The molecule has 0 saturated heterocycles. The molecule has 0 spiro atoms. The Kier molecular flexibility index (Phi) is 3.93. The Bertz CT molecular complexity index is 1100. The van der Waals surface area contributed by atoms with E-state index in [4.69, 9.17) is 5.73 Å². The van der Waals surface area contributed by atoms with Crippen molar-refractivity contribution in [3.05, 3.63) is 78.4 Å². The third kappa shape index (κ3) is 2.72. The Morgan fingerprint density at radius 1 is 1.08 bits per heavy atom. The van der Waals surface area contributed by atoms with E-state index in [1.54, 1.807) is 18.5 Å². The van der Waals surface area contributed by atoms with Gasteiger partial charge in [0.25, 0.3) is 0 Å². The number of phenols is 1. The molecule has 26 heavy (non-hydrogen) atoms. The maximum absolute atomic E-state index is 13.7. The summed E-state index contributed by atoms with van der Waals surface area (Å²) in [4.78, 5) is 4.47. The molecular formula is C21H18FN3O. The van der Waals surface area contributed by atoms with Gasteiger partial charge in [-0.05, 0) is 48.4 Å². The third-order valence-corrected chi connectivity index (χ3v) is 4.52. The van der Waals surface area contributed by atoms with E-state index in [-0.39, 0.29) is 11.8 Å². The van der Waals surface area contributed by atoms with Gasteiger partial charge < -0.3 is 10.8 Å². The molecule has 3 N–H and O–H groups in total. The van der Waals surface area contributed by atoms with Gasteiger partial charge in [-0.2, -0.15) is 0 Å². The largest absolute Gasteiger partial charge is 0.504 e.